The summed E-state index contributed by atoms with van der Waals surface area (Å²) in [4.78, 5) is 42.3. The van der Waals surface area contributed by atoms with E-state index in [2.05, 4.69) is 23.3 Å². The van der Waals surface area contributed by atoms with Crippen molar-refractivity contribution in [3.63, 3.8) is 0 Å². The number of hydrogen-bond acceptors (Lipinski definition) is 5. The minimum absolute atomic E-state index is 0.160. The Labute approximate surface area is 212 Å². The number of ether oxygens (including phenoxy) is 1. The van der Waals surface area contributed by atoms with E-state index in [0.29, 0.717) is 29.3 Å². The van der Waals surface area contributed by atoms with Crippen molar-refractivity contribution in [3.05, 3.63) is 60.2 Å². The molecule has 0 spiro atoms. The number of nitrogens with zero attached hydrogens (tertiary/aromatic N) is 1. The minimum Gasteiger partial charge on any atom is -0.497 e. The smallest absolute Gasteiger partial charge is 0.251 e. The van der Waals surface area contributed by atoms with Crippen LogP contribution in [-0.4, -0.2) is 47.6 Å². The maximum atomic E-state index is 13.8. The van der Waals surface area contributed by atoms with Gasteiger partial charge in [-0.2, -0.15) is 12.6 Å². The number of amides is 3. The number of thiol groups is 1. The van der Waals surface area contributed by atoms with Crippen molar-refractivity contribution < 1.29 is 19.1 Å². The highest BCUT2D eigenvalue weighted by Gasteiger charge is 2.46. The largest absolute Gasteiger partial charge is 0.497 e. The van der Waals surface area contributed by atoms with E-state index in [1.165, 1.54) is 11.3 Å². The van der Waals surface area contributed by atoms with Gasteiger partial charge in [-0.3, -0.25) is 14.4 Å². The molecular formula is C27H33N3O4S. The van der Waals surface area contributed by atoms with E-state index in [9.17, 15) is 14.4 Å². The van der Waals surface area contributed by atoms with Crippen LogP contribution in [-0.2, 0) is 14.4 Å². The van der Waals surface area contributed by atoms with Crippen molar-refractivity contribution in [2.45, 2.75) is 56.7 Å². The summed E-state index contributed by atoms with van der Waals surface area (Å²) >= 11 is 4.30. The molecule has 1 unspecified atom stereocenters. The van der Waals surface area contributed by atoms with E-state index in [-0.39, 0.29) is 23.5 Å². The van der Waals surface area contributed by atoms with Crippen LogP contribution in [0.2, 0.25) is 0 Å². The lowest BCUT2D eigenvalue weighted by atomic mass is 9.83. The molecule has 7 nitrogen and oxygen atoms in total. The van der Waals surface area contributed by atoms with Crippen LogP contribution in [0.5, 0.6) is 5.75 Å². The second kappa shape index (κ2) is 11.6. The number of anilines is 1. The van der Waals surface area contributed by atoms with E-state index in [0.717, 1.165) is 25.7 Å². The topological polar surface area (TPSA) is 87.7 Å². The third-order valence-corrected chi connectivity index (χ3v) is 7.34. The standard InChI is InChI=1S/C27H33N3O4S/c1-34-21-14-12-19(13-15-21)24(26(32)28-20-10-6-3-7-11-20)30-23(16-18-8-4-2-5-9-18)25(31)29-22(17-35)27(30)33/h3,6-7,10-15,18,22-24,35H,2,4-5,8-9,16-17H2,1H3,(H,28,32)(H,29,31)/t22-,23-,24?/m0/s1. The number of nitrogens with one attached hydrogen (secondary N) is 2. The van der Waals surface area contributed by atoms with Crippen LogP contribution in [0.4, 0.5) is 5.69 Å². The molecule has 1 heterocycles. The molecule has 1 saturated heterocycles. The van der Waals surface area contributed by atoms with Gasteiger partial charge in [0.1, 0.15) is 23.9 Å². The van der Waals surface area contributed by atoms with Crippen molar-refractivity contribution in [1.29, 1.82) is 0 Å². The fourth-order valence-corrected chi connectivity index (χ4v) is 5.38. The van der Waals surface area contributed by atoms with Crippen LogP contribution in [0.1, 0.15) is 50.1 Å². The number of carbonyl (C=O) groups is 3. The average Bonchev–Trinajstić information content (AvgIpc) is 2.89. The first kappa shape index (κ1) is 25.1. The Morgan fingerprint density at radius 1 is 1.09 bits per heavy atom. The van der Waals surface area contributed by atoms with Crippen LogP contribution < -0.4 is 15.4 Å². The fourth-order valence-electron chi connectivity index (χ4n) is 5.14. The summed E-state index contributed by atoms with van der Waals surface area (Å²) in [5, 5.41) is 5.78. The predicted molar refractivity (Wildman–Crippen MR) is 138 cm³/mol. The van der Waals surface area contributed by atoms with Gasteiger partial charge in [0.05, 0.1) is 7.11 Å². The molecule has 1 saturated carbocycles. The molecule has 1 aliphatic heterocycles. The van der Waals surface area contributed by atoms with Crippen LogP contribution in [0.15, 0.2) is 54.6 Å². The van der Waals surface area contributed by atoms with Crippen molar-refractivity contribution in [1.82, 2.24) is 10.2 Å². The monoisotopic (exact) mass is 495 g/mol. The lowest BCUT2D eigenvalue weighted by Crippen LogP contribution is -2.66. The van der Waals surface area contributed by atoms with Crippen LogP contribution in [0.25, 0.3) is 0 Å². The normalized spacial score (nSPS) is 21.8. The van der Waals surface area contributed by atoms with Gasteiger partial charge in [0.2, 0.25) is 11.8 Å². The van der Waals surface area contributed by atoms with Crippen LogP contribution >= 0.6 is 12.6 Å². The van der Waals surface area contributed by atoms with E-state index < -0.39 is 18.1 Å². The van der Waals surface area contributed by atoms with Gasteiger partial charge in [-0.25, -0.2) is 0 Å². The number of benzene rings is 2. The molecule has 186 valence electrons. The second-order valence-electron chi connectivity index (χ2n) is 9.28. The molecule has 2 N–H and O–H groups in total. The Hall–Kier alpha value is -3.00. The zero-order valence-electron chi connectivity index (χ0n) is 20.0. The molecule has 35 heavy (non-hydrogen) atoms. The Morgan fingerprint density at radius 2 is 1.77 bits per heavy atom. The summed E-state index contributed by atoms with van der Waals surface area (Å²) in [6.07, 6.45) is 6.06. The predicted octanol–water partition coefficient (Wildman–Crippen LogP) is 3.97. The maximum absolute atomic E-state index is 13.8. The van der Waals surface area contributed by atoms with Gasteiger partial charge in [0.15, 0.2) is 0 Å². The molecule has 4 rings (SSSR count). The summed E-state index contributed by atoms with van der Waals surface area (Å²) in [6, 6.07) is 13.7. The van der Waals surface area contributed by atoms with Crippen molar-refractivity contribution in [2.24, 2.45) is 5.92 Å². The summed E-state index contributed by atoms with van der Waals surface area (Å²) in [7, 11) is 1.57. The van der Waals surface area contributed by atoms with Crippen LogP contribution in [0, 0.1) is 5.92 Å². The molecule has 2 aliphatic rings. The Kier molecular flexibility index (Phi) is 8.33. The second-order valence-corrected chi connectivity index (χ2v) is 9.64. The average molecular weight is 496 g/mol. The Morgan fingerprint density at radius 3 is 2.40 bits per heavy atom. The van der Waals surface area contributed by atoms with E-state index in [1.54, 1.807) is 43.5 Å². The number of carbonyl (C=O) groups excluding carboxylic acids is 3. The van der Waals surface area contributed by atoms with Crippen molar-refractivity contribution in [2.75, 3.05) is 18.2 Å². The highest BCUT2D eigenvalue weighted by atomic mass is 32.1. The van der Waals surface area contributed by atoms with Gasteiger partial charge in [0, 0.05) is 11.4 Å². The van der Waals surface area contributed by atoms with E-state index in [4.69, 9.17) is 4.74 Å². The summed E-state index contributed by atoms with van der Waals surface area (Å²) in [6.45, 7) is 0. The first-order valence-corrected chi connectivity index (χ1v) is 12.9. The van der Waals surface area contributed by atoms with Gasteiger partial charge >= 0.3 is 0 Å². The molecule has 1 aliphatic carbocycles. The highest BCUT2D eigenvalue weighted by Crippen LogP contribution is 2.35. The molecule has 2 fully saturated rings. The van der Waals surface area contributed by atoms with E-state index in [1.807, 2.05) is 18.2 Å². The zero-order valence-corrected chi connectivity index (χ0v) is 20.9. The Bertz CT molecular complexity index is 1020. The number of rotatable bonds is 8. The molecule has 3 amide bonds. The first-order chi connectivity index (χ1) is 17.0. The SMILES string of the molecule is COc1ccc(C(C(=O)Nc2ccccc2)N2C(=O)[C@H](CS)NC(=O)[C@@H]2CC2CCCCC2)cc1. The summed E-state index contributed by atoms with van der Waals surface area (Å²) in [5.41, 5.74) is 1.24. The minimum atomic E-state index is -0.976. The molecule has 0 bridgehead atoms. The number of hydrogen-bond donors (Lipinski definition) is 3. The van der Waals surface area contributed by atoms with Crippen LogP contribution in [0.3, 0.4) is 0 Å². The van der Waals surface area contributed by atoms with Gasteiger partial charge in [-0.15, -0.1) is 0 Å². The first-order valence-electron chi connectivity index (χ1n) is 12.2. The molecule has 0 aromatic heterocycles. The summed E-state index contributed by atoms with van der Waals surface area (Å²) < 4.78 is 5.29. The number of methoxy groups -OCH3 is 1. The Balaban J connectivity index is 1.73. The highest BCUT2D eigenvalue weighted by molar-refractivity contribution is 7.80. The number of para-hydroxylation sites is 1. The number of piperazine rings is 1. The lowest BCUT2D eigenvalue weighted by Gasteiger charge is -2.44. The van der Waals surface area contributed by atoms with Gasteiger partial charge in [-0.05, 0) is 42.2 Å². The molecule has 2 aromatic rings. The van der Waals surface area contributed by atoms with Crippen molar-refractivity contribution >= 4 is 36.0 Å². The molecule has 0 radical (unpaired) electrons. The lowest BCUT2D eigenvalue weighted by molar-refractivity contribution is -0.155. The molecule has 8 heteroatoms. The summed E-state index contributed by atoms with van der Waals surface area (Å²) in [5.74, 6) is 0.273. The molecular weight excluding hydrogens is 462 g/mol. The third-order valence-electron chi connectivity index (χ3n) is 6.97. The van der Waals surface area contributed by atoms with Gasteiger partial charge < -0.3 is 20.3 Å². The van der Waals surface area contributed by atoms with Crippen molar-refractivity contribution in [3.8, 4) is 5.75 Å². The quantitative estimate of drug-likeness (QED) is 0.484. The van der Waals surface area contributed by atoms with Gasteiger partial charge in [-0.1, -0.05) is 62.4 Å². The zero-order chi connectivity index (χ0) is 24.8. The molecule has 2 aromatic carbocycles. The van der Waals surface area contributed by atoms with E-state index >= 15 is 0 Å². The third kappa shape index (κ3) is 5.81. The molecule has 3 atom stereocenters. The maximum Gasteiger partial charge on any atom is 0.251 e. The van der Waals surface area contributed by atoms with Gasteiger partial charge in [0.25, 0.3) is 5.91 Å². The fraction of sp³-hybridized carbons (Fsp3) is 0.444.